The first-order valence-corrected chi connectivity index (χ1v) is 8.82. The number of carbonyl (C=O) groups is 1. The van der Waals surface area contributed by atoms with Crippen molar-refractivity contribution in [3.63, 3.8) is 0 Å². The molecule has 2 aromatic carbocycles. The third kappa shape index (κ3) is 3.84. The van der Waals surface area contributed by atoms with Crippen LogP contribution in [0, 0.1) is 17.5 Å². The Hall–Kier alpha value is -2.50. The zero-order chi connectivity index (χ0) is 18.7. The summed E-state index contributed by atoms with van der Waals surface area (Å²) in [6, 6.07) is 7.05. The molecule has 26 heavy (non-hydrogen) atoms. The minimum Gasteiger partial charge on any atom is -0.331 e. The van der Waals surface area contributed by atoms with Gasteiger partial charge in [-0.3, -0.25) is 0 Å². The van der Waals surface area contributed by atoms with Gasteiger partial charge in [0.25, 0.3) is 0 Å². The normalized spacial score (nSPS) is 14.5. The van der Waals surface area contributed by atoms with E-state index < -0.39 is 29.2 Å². The molecule has 0 saturated carbocycles. The number of hydrogen-bond donors (Lipinski definition) is 2. The molecule has 0 spiro atoms. The van der Waals surface area contributed by atoms with Crippen LogP contribution in [0.4, 0.5) is 23.7 Å². The van der Waals surface area contributed by atoms with Gasteiger partial charge in [0.15, 0.2) is 17.5 Å². The molecule has 0 radical (unpaired) electrons. The summed E-state index contributed by atoms with van der Waals surface area (Å²) in [4.78, 5) is 12.2. The van der Waals surface area contributed by atoms with E-state index in [1.807, 2.05) is 13.0 Å². The first-order chi connectivity index (χ1) is 12.5. The Balaban J connectivity index is 1.72. The van der Waals surface area contributed by atoms with Gasteiger partial charge in [0.1, 0.15) is 0 Å². The van der Waals surface area contributed by atoms with Crippen molar-refractivity contribution in [2.24, 2.45) is 0 Å². The van der Waals surface area contributed by atoms with Crippen molar-refractivity contribution in [1.82, 2.24) is 5.32 Å². The van der Waals surface area contributed by atoms with E-state index in [2.05, 4.69) is 22.8 Å². The van der Waals surface area contributed by atoms with Crippen LogP contribution < -0.4 is 10.6 Å². The number of fused-ring (bicyclic) bond motifs is 1. The largest absolute Gasteiger partial charge is 0.331 e. The molecule has 2 amide bonds. The Kier molecular flexibility index (Phi) is 5.49. The van der Waals surface area contributed by atoms with Crippen LogP contribution in [0.1, 0.15) is 48.9 Å². The van der Waals surface area contributed by atoms with E-state index in [-0.39, 0.29) is 6.04 Å². The molecule has 3 rings (SSSR count). The summed E-state index contributed by atoms with van der Waals surface area (Å²) >= 11 is 0. The maximum absolute atomic E-state index is 13.7. The van der Waals surface area contributed by atoms with Crippen molar-refractivity contribution < 1.29 is 18.0 Å². The van der Waals surface area contributed by atoms with E-state index in [1.165, 1.54) is 17.5 Å². The van der Waals surface area contributed by atoms with Gasteiger partial charge in [-0.1, -0.05) is 25.1 Å². The molecular formula is C20H21F3N2O. The topological polar surface area (TPSA) is 41.1 Å². The highest BCUT2D eigenvalue weighted by Gasteiger charge is 2.19. The molecule has 0 aromatic heterocycles. The van der Waals surface area contributed by atoms with Crippen molar-refractivity contribution in [3.8, 4) is 0 Å². The summed E-state index contributed by atoms with van der Waals surface area (Å²) in [6.07, 6.45) is 5.12. The summed E-state index contributed by atoms with van der Waals surface area (Å²) in [5.41, 5.74) is 3.24. The molecule has 2 aromatic rings. The number of carbonyl (C=O) groups excluding carboxylic acids is 1. The van der Waals surface area contributed by atoms with Gasteiger partial charge in [-0.05, 0) is 60.9 Å². The summed E-state index contributed by atoms with van der Waals surface area (Å²) < 4.78 is 39.9. The van der Waals surface area contributed by atoms with E-state index in [4.69, 9.17) is 0 Å². The minimum absolute atomic E-state index is 0.254. The zero-order valence-corrected chi connectivity index (χ0v) is 14.5. The molecule has 0 heterocycles. The summed E-state index contributed by atoms with van der Waals surface area (Å²) in [5.74, 6) is -4.32. The van der Waals surface area contributed by atoms with Crippen LogP contribution in [-0.4, -0.2) is 6.03 Å². The average molecular weight is 362 g/mol. The minimum atomic E-state index is -1.61. The molecule has 6 heteroatoms. The maximum Gasteiger partial charge on any atom is 0.319 e. The number of amides is 2. The number of aryl methyl sites for hydroxylation is 2. The van der Waals surface area contributed by atoms with E-state index in [0.29, 0.717) is 6.42 Å². The highest BCUT2D eigenvalue weighted by molar-refractivity contribution is 5.89. The number of anilines is 1. The maximum atomic E-state index is 13.7. The van der Waals surface area contributed by atoms with Gasteiger partial charge in [0.05, 0.1) is 11.7 Å². The number of hydrogen-bond acceptors (Lipinski definition) is 1. The molecule has 0 aliphatic heterocycles. The van der Waals surface area contributed by atoms with Crippen LogP contribution in [-0.2, 0) is 12.8 Å². The molecule has 2 N–H and O–H groups in total. The third-order valence-corrected chi connectivity index (χ3v) is 4.77. The zero-order valence-electron chi connectivity index (χ0n) is 14.5. The van der Waals surface area contributed by atoms with Crippen molar-refractivity contribution in [3.05, 3.63) is 64.5 Å². The van der Waals surface area contributed by atoms with Crippen LogP contribution >= 0.6 is 0 Å². The Morgan fingerprint density at radius 2 is 1.77 bits per heavy atom. The smallest absolute Gasteiger partial charge is 0.319 e. The van der Waals surface area contributed by atoms with Crippen LogP contribution in [0.15, 0.2) is 30.3 Å². The number of urea groups is 1. The van der Waals surface area contributed by atoms with Crippen molar-refractivity contribution in [1.29, 1.82) is 0 Å². The lowest BCUT2D eigenvalue weighted by molar-refractivity contribution is 0.248. The molecular weight excluding hydrogens is 341 g/mol. The second-order valence-electron chi connectivity index (χ2n) is 6.52. The lowest BCUT2D eigenvalue weighted by atomic mass is 9.89. The number of halogens is 3. The Bertz CT molecular complexity index is 823. The Morgan fingerprint density at radius 1 is 1.04 bits per heavy atom. The fraction of sp³-hybridized carbons (Fsp3) is 0.350. The van der Waals surface area contributed by atoms with Crippen LogP contribution in [0.2, 0.25) is 0 Å². The Labute approximate surface area is 150 Å². The predicted octanol–water partition coefficient (Wildman–Crippen LogP) is 5.26. The van der Waals surface area contributed by atoms with Gasteiger partial charge in [-0.2, -0.15) is 0 Å². The van der Waals surface area contributed by atoms with Gasteiger partial charge in [0, 0.05) is 0 Å². The van der Waals surface area contributed by atoms with E-state index in [0.717, 1.165) is 37.0 Å². The third-order valence-electron chi connectivity index (χ3n) is 4.77. The van der Waals surface area contributed by atoms with Gasteiger partial charge in [-0.25, -0.2) is 18.0 Å². The van der Waals surface area contributed by atoms with Gasteiger partial charge < -0.3 is 10.6 Å². The van der Waals surface area contributed by atoms with Crippen LogP contribution in [0.25, 0.3) is 0 Å². The van der Waals surface area contributed by atoms with Crippen molar-refractivity contribution >= 4 is 11.7 Å². The highest BCUT2D eigenvalue weighted by Crippen LogP contribution is 2.26. The Morgan fingerprint density at radius 3 is 2.50 bits per heavy atom. The summed E-state index contributed by atoms with van der Waals surface area (Å²) in [6.45, 7) is 1.93. The standard InChI is InChI=1S/C20H21F3N2O/c1-2-16(14-8-7-12-5-3-4-6-13(12)11-14)24-20(26)25-17-10-9-15(21)18(22)19(17)23/h7-11,16H,2-6H2,1H3,(H2,24,25,26). The van der Waals surface area contributed by atoms with Gasteiger partial charge >= 0.3 is 6.03 Å². The second-order valence-corrected chi connectivity index (χ2v) is 6.52. The monoisotopic (exact) mass is 362 g/mol. The van der Waals surface area contributed by atoms with Crippen LogP contribution in [0.5, 0.6) is 0 Å². The number of nitrogens with one attached hydrogen (secondary N) is 2. The quantitative estimate of drug-likeness (QED) is 0.716. The SMILES string of the molecule is CCC(NC(=O)Nc1ccc(F)c(F)c1F)c1ccc2c(c1)CCCC2. The molecule has 138 valence electrons. The van der Waals surface area contributed by atoms with E-state index in [1.54, 1.807) is 0 Å². The average Bonchev–Trinajstić information content (AvgIpc) is 2.66. The summed E-state index contributed by atoms with van der Waals surface area (Å²) in [5, 5.41) is 5.01. The summed E-state index contributed by atoms with van der Waals surface area (Å²) in [7, 11) is 0. The first-order valence-electron chi connectivity index (χ1n) is 8.82. The van der Waals surface area contributed by atoms with Crippen molar-refractivity contribution in [2.45, 2.75) is 45.1 Å². The fourth-order valence-electron chi connectivity index (χ4n) is 3.33. The van der Waals surface area contributed by atoms with E-state index in [9.17, 15) is 18.0 Å². The molecule has 0 fully saturated rings. The lowest BCUT2D eigenvalue weighted by Gasteiger charge is -2.22. The molecule has 1 unspecified atom stereocenters. The molecule has 1 atom stereocenters. The second kappa shape index (κ2) is 7.81. The number of rotatable bonds is 4. The van der Waals surface area contributed by atoms with Gasteiger partial charge in [-0.15, -0.1) is 0 Å². The van der Waals surface area contributed by atoms with Gasteiger partial charge in [0.2, 0.25) is 0 Å². The molecule has 3 nitrogen and oxygen atoms in total. The molecule has 0 saturated heterocycles. The first kappa shape index (κ1) is 18.3. The van der Waals surface area contributed by atoms with Crippen LogP contribution in [0.3, 0.4) is 0 Å². The molecule has 1 aliphatic carbocycles. The fourth-order valence-corrected chi connectivity index (χ4v) is 3.33. The molecule has 1 aliphatic rings. The van der Waals surface area contributed by atoms with Crippen molar-refractivity contribution in [2.75, 3.05) is 5.32 Å². The van der Waals surface area contributed by atoms with E-state index >= 15 is 0 Å². The highest BCUT2D eigenvalue weighted by atomic mass is 19.2. The lowest BCUT2D eigenvalue weighted by Crippen LogP contribution is -2.32. The number of benzene rings is 2. The molecule has 0 bridgehead atoms. The predicted molar refractivity (Wildman–Crippen MR) is 94.6 cm³/mol.